The number of hydrogen-bond donors (Lipinski definition) is 3. The summed E-state index contributed by atoms with van der Waals surface area (Å²) in [6.07, 6.45) is 3.33. The number of nitrogens with one attached hydrogen (secondary N) is 2. The van der Waals surface area contributed by atoms with Crippen molar-refractivity contribution in [2.45, 2.75) is 37.6 Å². The van der Waals surface area contributed by atoms with E-state index in [1.807, 2.05) is 24.3 Å². The number of urea groups is 1. The standard InChI is InChI=1S/C14H17IN2O3/c15-10-3-5-11(6-4-10)16-13(20)17-14(9-12(18)19)7-1-2-8-14/h3-6H,1-2,7-9H2,(H,18,19)(H2,16,17,20). The van der Waals surface area contributed by atoms with Crippen molar-refractivity contribution in [1.82, 2.24) is 5.32 Å². The molecule has 1 fully saturated rings. The number of carbonyl (C=O) groups is 2. The van der Waals surface area contributed by atoms with Crippen LogP contribution in [0.4, 0.5) is 10.5 Å². The second kappa shape index (κ2) is 6.43. The summed E-state index contributed by atoms with van der Waals surface area (Å²) in [5.74, 6) is -0.874. The van der Waals surface area contributed by atoms with Gasteiger partial charge in [-0.15, -0.1) is 0 Å². The molecule has 5 nitrogen and oxygen atoms in total. The summed E-state index contributed by atoms with van der Waals surface area (Å²) in [7, 11) is 0. The van der Waals surface area contributed by atoms with Crippen molar-refractivity contribution >= 4 is 40.3 Å². The first kappa shape index (κ1) is 15.1. The van der Waals surface area contributed by atoms with Crippen LogP contribution < -0.4 is 10.6 Å². The van der Waals surface area contributed by atoms with Crippen LogP contribution in [0.3, 0.4) is 0 Å². The number of amides is 2. The number of carboxylic acid groups (broad SMARTS) is 1. The molecule has 1 aromatic carbocycles. The summed E-state index contributed by atoms with van der Waals surface area (Å²) in [4.78, 5) is 23.0. The normalized spacial score (nSPS) is 16.6. The van der Waals surface area contributed by atoms with Crippen LogP contribution in [0.5, 0.6) is 0 Å². The van der Waals surface area contributed by atoms with Gasteiger partial charge in [-0.1, -0.05) is 12.8 Å². The molecule has 1 saturated carbocycles. The summed E-state index contributed by atoms with van der Waals surface area (Å²) in [5, 5.41) is 14.6. The van der Waals surface area contributed by atoms with Gasteiger partial charge in [0.25, 0.3) is 0 Å². The fourth-order valence-electron chi connectivity index (χ4n) is 2.62. The number of rotatable bonds is 4. The zero-order chi connectivity index (χ0) is 14.6. The summed E-state index contributed by atoms with van der Waals surface area (Å²) in [6.45, 7) is 0. The van der Waals surface area contributed by atoms with Gasteiger partial charge in [-0.25, -0.2) is 4.79 Å². The summed E-state index contributed by atoms with van der Waals surface area (Å²) < 4.78 is 1.09. The van der Waals surface area contributed by atoms with Crippen LogP contribution in [0.15, 0.2) is 24.3 Å². The second-order valence-corrected chi connectivity index (χ2v) is 6.39. The van der Waals surface area contributed by atoms with E-state index in [-0.39, 0.29) is 12.5 Å². The van der Waals surface area contributed by atoms with Gasteiger partial charge >= 0.3 is 12.0 Å². The summed E-state index contributed by atoms with van der Waals surface area (Å²) in [5.41, 5.74) is 0.102. The van der Waals surface area contributed by atoms with Gasteiger partial charge in [0, 0.05) is 9.26 Å². The summed E-state index contributed by atoms with van der Waals surface area (Å²) >= 11 is 2.19. The summed E-state index contributed by atoms with van der Waals surface area (Å²) in [6, 6.07) is 7.10. The fraction of sp³-hybridized carbons (Fsp3) is 0.429. The first-order valence-electron chi connectivity index (χ1n) is 6.56. The number of anilines is 1. The highest BCUT2D eigenvalue weighted by Crippen LogP contribution is 2.32. The van der Waals surface area contributed by atoms with Crippen LogP contribution in [-0.4, -0.2) is 22.6 Å². The molecule has 0 radical (unpaired) electrons. The van der Waals surface area contributed by atoms with Crippen molar-refractivity contribution in [2.75, 3.05) is 5.32 Å². The first-order valence-corrected chi connectivity index (χ1v) is 7.64. The van der Waals surface area contributed by atoms with Crippen LogP contribution in [0.2, 0.25) is 0 Å². The second-order valence-electron chi connectivity index (χ2n) is 5.14. The number of halogens is 1. The Morgan fingerprint density at radius 2 is 1.80 bits per heavy atom. The van der Waals surface area contributed by atoms with Crippen LogP contribution in [0, 0.1) is 3.57 Å². The average Bonchev–Trinajstić information content (AvgIpc) is 2.79. The quantitative estimate of drug-likeness (QED) is 0.694. The van der Waals surface area contributed by atoms with Gasteiger partial charge in [0.15, 0.2) is 0 Å². The molecule has 1 aliphatic carbocycles. The maximum absolute atomic E-state index is 12.0. The van der Waals surface area contributed by atoms with Crippen LogP contribution in [0.1, 0.15) is 32.1 Å². The number of aliphatic carboxylic acids is 1. The number of carbonyl (C=O) groups excluding carboxylic acids is 1. The minimum Gasteiger partial charge on any atom is -0.481 e. The lowest BCUT2D eigenvalue weighted by Gasteiger charge is -2.28. The van der Waals surface area contributed by atoms with Crippen molar-refractivity contribution in [3.05, 3.63) is 27.8 Å². The zero-order valence-electron chi connectivity index (χ0n) is 11.0. The molecular formula is C14H17IN2O3. The Labute approximate surface area is 131 Å². The lowest BCUT2D eigenvalue weighted by atomic mass is 9.93. The Morgan fingerprint density at radius 3 is 2.35 bits per heavy atom. The molecule has 2 amide bonds. The third-order valence-electron chi connectivity index (χ3n) is 3.53. The Hall–Kier alpha value is -1.31. The van der Waals surface area contributed by atoms with E-state index in [9.17, 15) is 9.59 Å². The van der Waals surface area contributed by atoms with Gasteiger partial charge < -0.3 is 15.7 Å². The topological polar surface area (TPSA) is 78.4 Å². The van der Waals surface area contributed by atoms with Crippen molar-refractivity contribution in [1.29, 1.82) is 0 Å². The predicted molar refractivity (Wildman–Crippen MR) is 84.8 cm³/mol. The fourth-order valence-corrected chi connectivity index (χ4v) is 2.98. The molecule has 20 heavy (non-hydrogen) atoms. The van der Waals surface area contributed by atoms with E-state index in [4.69, 9.17) is 5.11 Å². The minimum atomic E-state index is -0.874. The van der Waals surface area contributed by atoms with E-state index in [0.29, 0.717) is 5.69 Å². The van der Waals surface area contributed by atoms with E-state index in [1.165, 1.54) is 0 Å². The Balaban J connectivity index is 1.98. The van der Waals surface area contributed by atoms with Crippen molar-refractivity contribution < 1.29 is 14.7 Å². The largest absolute Gasteiger partial charge is 0.481 e. The Bertz CT molecular complexity index is 496. The Morgan fingerprint density at radius 1 is 1.20 bits per heavy atom. The molecule has 3 N–H and O–H groups in total. The van der Waals surface area contributed by atoms with Crippen molar-refractivity contribution in [3.63, 3.8) is 0 Å². The molecule has 0 atom stereocenters. The highest BCUT2D eigenvalue weighted by atomic mass is 127. The molecule has 6 heteroatoms. The molecule has 1 aliphatic rings. The predicted octanol–water partition coefficient (Wildman–Crippen LogP) is 3.20. The minimum absolute atomic E-state index is 0.0207. The van der Waals surface area contributed by atoms with E-state index in [2.05, 4.69) is 33.2 Å². The van der Waals surface area contributed by atoms with E-state index in [0.717, 1.165) is 29.3 Å². The molecular weight excluding hydrogens is 371 g/mol. The lowest BCUT2D eigenvalue weighted by Crippen LogP contribution is -2.49. The first-order chi connectivity index (χ1) is 9.49. The van der Waals surface area contributed by atoms with E-state index < -0.39 is 11.5 Å². The molecule has 0 unspecified atom stereocenters. The van der Waals surface area contributed by atoms with Gasteiger partial charge in [-0.2, -0.15) is 0 Å². The van der Waals surface area contributed by atoms with Gasteiger partial charge in [0.1, 0.15) is 0 Å². The SMILES string of the molecule is O=C(O)CC1(NC(=O)Nc2ccc(I)cc2)CCCC1. The van der Waals surface area contributed by atoms with Crippen LogP contribution in [0.25, 0.3) is 0 Å². The highest BCUT2D eigenvalue weighted by molar-refractivity contribution is 14.1. The van der Waals surface area contributed by atoms with E-state index >= 15 is 0 Å². The zero-order valence-corrected chi connectivity index (χ0v) is 13.1. The molecule has 1 aromatic rings. The van der Waals surface area contributed by atoms with E-state index in [1.54, 1.807) is 0 Å². The van der Waals surface area contributed by atoms with Gasteiger partial charge in [0.2, 0.25) is 0 Å². The molecule has 0 spiro atoms. The molecule has 0 aromatic heterocycles. The molecule has 0 aliphatic heterocycles. The van der Waals surface area contributed by atoms with Gasteiger partial charge in [-0.3, -0.25) is 4.79 Å². The van der Waals surface area contributed by atoms with Crippen molar-refractivity contribution in [3.8, 4) is 0 Å². The molecule has 2 rings (SSSR count). The smallest absolute Gasteiger partial charge is 0.319 e. The van der Waals surface area contributed by atoms with Crippen LogP contribution in [-0.2, 0) is 4.79 Å². The average molecular weight is 388 g/mol. The third-order valence-corrected chi connectivity index (χ3v) is 4.25. The van der Waals surface area contributed by atoms with Crippen molar-refractivity contribution in [2.24, 2.45) is 0 Å². The van der Waals surface area contributed by atoms with Gasteiger partial charge in [-0.05, 0) is 59.7 Å². The highest BCUT2D eigenvalue weighted by Gasteiger charge is 2.37. The lowest BCUT2D eigenvalue weighted by molar-refractivity contribution is -0.138. The monoisotopic (exact) mass is 388 g/mol. The Kier molecular flexibility index (Phi) is 4.85. The molecule has 0 heterocycles. The maximum atomic E-state index is 12.0. The van der Waals surface area contributed by atoms with Gasteiger partial charge in [0.05, 0.1) is 12.0 Å². The third kappa shape index (κ3) is 4.09. The number of carboxylic acids is 1. The number of benzene rings is 1. The number of hydrogen-bond acceptors (Lipinski definition) is 2. The molecule has 0 saturated heterocycles. The van der Waals surface area contributed by atoms with Crippen LogP contribution >= 0.6 is 22.6 Å². The molecule has 0 bridgehead atoms. The molecule has 108 valence electrons. The maximum Gasteiger partial charge on any atom is 0.319 e.